The summed E-state index contributed by atoms with van der Waals surface area (Å²) in [6.45, 7) is 0.268. The highest BCUT2D eigenvalue weighted by molar-refractivity contribution is 7.92. The molecule has 1 aliphatic heterocycles. The van der Waals surface area contributed by atoms with Crippen molar-refractivity contribution in [1.29, 1.82) is 0 Å². The lowest BCUT2D eigenvalue weighted by Crippen LogP contribution is -2.23. The Bertz CT molecular complexity index is 1120. The molecule has 32 heavy (non-hydrogen) atoms. The third-order valence-corrected chi connectivity index (χ3v) is 5.36. The van der Waals surface area contributed by atoms with E-state index in [0.717, 1.165) is 12.3 Å². The minimum atomic E-state index is -3.60. The van der Waals surface area contributed by atoms with Gasteiger partial charge in [-0.05, 0) is 42.3 Å². The number of aliphatic hydroxyl groups is 1. The average Bonchev–Trinajstić information content (AvgIpc) is 3.17. The van der Waals surface area contributed by atoms with Crippen LogP contribution in [0.15, 0.2) is 36.4 Å². The van der Waals surface area contributed by atoms with Crippen LogP contribution in [0, 0.1) is 5.82 Å². The molecule has 3 rings (SSSR count). The Balaban J connectivity index is 1.65. The van der Waals surface area contributed by atoms with E-state index >= 15 is 0 Å². The molecule has 1 saturated heterocycles. The van der Waals surface area contributed by atoms with Crippen molar-refractivity contribution in [3.8, 4) is 0 Å². The Morgan fingerprint density at radius 2 is 2.12 bits per heavy atom. The molecule has 0 radical (unpaired) electrons. The second-order valence-electron chi connectivity index (χ2n) is 7.48. The van der Waals surface area contributed by atoms with Crippen molar-refractivity contribution in [3.05, 3.63) is 59.0 Å². The SMILES string of the molecule is CS(=O)(=O)Nc1ccc(CNC(=O)/C=C/c2ccc(CF)nc2N2CCC(O)C2)cc1F. The number of alkyl halides is 1. The van der Waals surface area contributed by atoms with Crippen LogP contribution in [0.2, 0.25) is 0 Å². The van der Waals surface area contributed by atoms with Crippen molar-refractivity contribution in [2.24, 2.45) is 0 Å². The summed E-state index contributed by atoms with van der Waals surface area (Å²) in [5.41, 5.74) is 1.14. The van der Waals surface area contributed by atoms with Crippen LogP contribution in [0.3, 0.4) is 0 Å². The molecule has 1 amide bonds. The predicted molar refractivity (Wildman–Crippen MR) is 118 cm³/mol. The van der Waals surface area contributed by atoms with Gasteiger partial charge in [-0.2, -0.15) is 0 Å². The number of halogens is 2. The molecule has 1 atom stereocenters. The molecule has 172 valence electrons. The van der Waals surface area contributed by atoms with E-state index in [0.29, 0.717) is 36.5 Å². The molecule has 3 N–H and O–H groups in total. The summed E-state index contributed by atoms with van der Waals surface area (Å²) in [5.74, 6) is -0.698. The Morgan fingerprint density at radius 1 is 1.34 bits per heavy atom. The molecule has 1 fully saturated rings. The number of hydrogen-bond donors (Lipinski definition) is 3. The van der Waals surface area contributed by atoms with Gasteiger partial charge in [-0.3, -0.25) is 9.52 Å². The van der Waals surface area contributed by atoms with Gasteiger partial charge in [0.15, 0.2) is 0 Å². The highest BCUT2D eigenvalue weighted by atomic mass is 32.2. The van der Waals surface area contributed by atoms with Gasteiger partial charge in [0.05, 0.1) is 23.7 Å². The van der Waals surface area contributed by atoms with Gasteiger partial charge in [-0.25, -0.2) is 22.2 Å². The molecule has 0 bridgehead atoms. The van der Waals surface area contributed by atoms with Crippen LogP contribution in [-0.2, 0) is 28.0 Å². The molecule has 8 nitrogen and oxygen atoms in total. The normalized spacial score (nSPS) is 16.5. The number of carbonyl (C=O) groups excluding carboxylic acids is 1. The van der Waals surface area contributed by atoms with E-state index in [2.05, 4.69) is 15.0 Å². The standard InChI is InChI=1S/C21H24F2N4O4S/c1-32(30,31)26-19-6-2-14(10-18(19)23)12-24-20(29)7-4-15-3-5-16(11-22)25-21(15)27-9-8-17(28)13-27/h2-7,10,17,26,28H,8-9,11-13H2,1H3,(H,24,29)/b7-4+. The molecule has 0 spiro atoms. The molecule has 0 saturated carbocycles. The Kier molecular flexibility index (Phi) is 7.41. The monoisotopic (exact) mass is 466 g/mol. The largest absolute Gasteiger partial charge is 0.391 e. The minimum absolute atomic E-state index is 0.0312. The topological polar surface area (TPSA) is 112 Å². The second kappa shape index (κ2) is 10.0. The zero-order chi connectivity index (χ0) is 23.3. The molecule has 1 aromatic carbocycles. The van der Waals surface area contributed by atoms with Gasteiger partial charge in [0.25, 0.3) is 0 Å². The first-order valence-electron chi connectivity index (χ1n) is 9.85. The average molecular weight is 467 g/mol. The number of amides is 1. The van der Waals surface area contributed by atoms with Gasteiger partial charge in [0.1, 0.15) is 18.3 Å². The number of benzene rings is 1. The van der Waals surface area contributed by atoms with Crippen molar-refractivity contribution >= 4 is 33.5 Å². The number of pyridine rings is 1. The molecule has 1 aromatic heterocycles. The number of hydrogen-bond acceptors (Lipinski definition) is 6. The number of nitrogens with one attached hydrogen (secondary N) is 2. The van der Waals surface area contributed by atoms with Crippen LogP contribution in [-0.4, -0.2) is 49.9 Å². The third-order valence-electron chi connectivity index (χ3n) is 4.77. The van der Waals surface area contributed by atoms with Gasteiger partial charge in [-0.1, -0.05) is 6.07 Å². The highest BCUT2D eigenvalue weighted by Crippen LogP contribution is 2.25. The first kappa shape index (κ1) is 23.6. The summed E-state index contributed by atoms with van der Waals surface area (Å²) < 4.78 is 51.6. The van der Waals surface area contributed by atoms with Crippen LogP contribution in [0.4, 0.5) is 20.3 Å². The number of anilines is 2. The lowest BCUT2D eigenvalue weighted by Gasteiger charge is -2.19. The maximum absolute atomic E-state index is 14.0. The van der Waals surface area contributed by atoms with E-state index in [-0.39, 0.29) is 17.9 Å². The van der Waals surface area contributed by atoms with Crippen molar-refractivity contribution < 1.29 is 27.1 Å². The molecule has 2 aromatic rings. The number of β-amino-alcohol motifs (C(OH)–C–C–N with tert-alkyl or cyclic N) is 1. The van der Waals surface area contributed by atoms with Crippen LogP contribution in [0.5, 0.6) is 0 Å². The number of rotatable bonds is 8. The van der Waals surface area contributed by atoms with Crippen LogP contribution in [0.25, 0.3) is 6.08 Å². The summed E-state index contributed by atoms with van der Waals surface area (Å²) in [7, 11) is -3.60. The van der Waals surface area contributed by atoms with Gasteiger partial charge >= 0.3 is 0 Å². The van der Waals surface area contributed by atoms with E-state index < -0.39 is 34.5 Å². The Morgan fingerprint density at radius 3 is 2.75 bits per heavy atom. The third kappa shape index (κ3) is 6.47. The highest BCUT2D eigenvalue weighted by Gasteiger charge is 2.23. The van der Waals surface area contributed by atoms with Crippen LogP contribution < -0.4 is 14.9 Å². The first-order chi connectivity index (χ1) is 15.1. The molecule has 2 heterocycles. The number of sulfonamides is 1. The summed E-state index contributed by atoms with van der Waals surface area (Å²) in [4.78, 5) is 18.4. The number of nitrogens with zero attached hydrogens (tertiary/aromatic N) is 2. The molecule has 1 unspecified atom stereocenters. The maximum Gasteiger partial charge on any atom is 0.244 e. The Hall–Kier alpha value is -3.05. The van der Waals surface area contributed by atoms with Crippen molar-refractivity contribution in [2.45, 2.75) is 25.7 Å². The van der Waals surface area contributed by atoms with E-state index in [1.165, 1.54) is 24.3 Å². The van der Waals surface area contributed by atoms with Gasteiger partial charge in [-0.15, -0.1) is 0 Å². The first-order valence-corrected chi connectivity index (χ1v) is 11.7. The van der Waals surface area contributed by atoms with Crippen molar-refractivity contribution in [3.63, 3.8) is 0 Å². The minimum Gasteiger partial charge on any atom is -0.391 e. The molecular formula is C21H24F2N4O4S. The van der Waals surface area contributed by atoms with E-state index in [1.807, 2.05) is 4.90 Å². The molecule has 1 aliphatic rings. The van der Waals surface area contributed by atoms with Crippen LogP contribution in [0.1, 0.15) is 23.2 Å². The number of carbonyl (C=O) groups is 1. The molecular weight excluding hydrogens is 442 g/mol. The number of aromatic nitrogens is 1. The van der Waals surface area contributed by atoms with Gasteiger partial charge < -0.3 is 15.3 Å². The predicted octanol–water partition coefficient (Wildman–Crippen LogP) is 1.96. The zero-order valence-corrected chi connectivity index (χ0v) is 18.2. The quantitative estimate of drug-likeness (QED) is 0.513. The smallest absolute Gasteiger partial charge is 0.244 e. The lowest BCUT2D eigenvalue weighted by atomic mass is 10.2. The number of aliphatic hydroxyl groups excluding tert-OH is 1. The second-order valence-corrected chi connectivity index (χ2v) is 9.23. The summed E-state index contributed by atoms with van der Waals surface area (Å²) >= 11 is 0. The summed E-state index contributed by atoms with van der Waals surface area (Å²) in [6.07, 6.45) is 3.86. The fourth-order valence-corrected chi connectivity index (χ4v) is 3.82. The lowest BCUT2D eigenvalue weighted by molar-refractivity contribution is -0.116. The summed E-state index contributed by atoms with van der Waals surface area (Å²) in [5, 5.41) is 12.4. The summed E-state index contributed by atoms with van der Waals surface area (Å²) in [6, 6.07) is 7.10. The fraction of sp³-hybridized carbons (Fsp3) is 0.333. The van der Waals surface area contributed by atoms with Crippen molar-refractivity contribution in [2.75, 3.05) is 29.0 Å². The van der Waals surface area contributed by atoms with E-state index in [9.17, 15) is 27.1 Å². The Labute approximate surface area is 185 Å². The maximum atomic E-state index is 14.0. The van der Waals surface area contributed by atoms with Crippen LogP contribution >= 0.6 is 0 Å². The zero-order valence-electron chi connectivity index (χ0n) is 17.4. The molecule has 0 aliphatic carbocycles. The van der Waals surface area contributed by atoms with E-state index in [4.69, 9.17) is 0 Å². The van der Waals surface area contributed by atoms with Crippen molar-refractivity contribution in [1.82, 2.24) is 10.3 Å². The fourth-order valence-electron chi connectivity index (χ4n) is 3.26. The van der Waals surface area contributed by atoms with Gasteiger partial charge in [0.2, 0.25) is 15.9 Å². The van der Waals surface area contributed by atoms with E-state index in [1.54, 1.807) is 12.1 Å². The molecule has 11 heteroatoms. The van der Waals surface area contributed by atoms with Gasteiger partial charge in [0, 0.05) is 31.3 Å².